The highest BCUT2D eigenvalue weighted by Gasteiger charge is 2.15. The first-order valence-corrected chi connectivity index (χ1v) is 7.14. The number of hydrogen-bond donors (Lipinski definition) is 1. The van der Waals surface area contributed by atoms with Gasteiger partial charge >= 0.3 is 0 Å². The molecule has 0 unspecified atom stereocenters. The van der Waals surface area contributed by atoms with E-state index in [1.165, 1.54) is 0 Å². The maximum atomic E-state index is 12.1. The second-order valence-corrected chi connectivity index (χ2v) is 5.84. The van der Waals surface area contributed by atoms with Crippen molar-refractivity contribution in [3.8, 4) is 6.07 Å². The summed E-state index contributed by atoms with van der Waals surface area (Å²) in [6.45, 7) is 8.43. The number of hydrogen-bond acceptors (Lipinski definition) is 3. The number of nitrogens with one attached hydrogen (secondary N) is 1. The van der Waals surface area contributed by atoms with Crippen molar-refractivity contribution >= 4 is 5.91 Å². The van der Waals surface area contributed by atoms with Gasteiger partial charge in [-0.3, -0.25) is 9.59 Å². The van der Waals surface area contributed by atoms with E-state index in [0.29, 0.717) is 24.3 Å². The summed E-state index contributed by atoms with van der Waals surface area (Å²) >= 11 is 0. The van der Waals surface area contributed by atoms with Crippen molar-refractivity contribution in [2.75, 3.05) is 13.6 Å². The molecular weight excluding hydrogens is 266 g/mol. The van der Waals surface area contributed by atoms with E-state index in [1.807, 2.05) is 6.07 Å². The molecule has 0 aliphatic rings. The van der Waals surface area contributed by atoms with Crippen molar-refractivity contribution in [2.24, 2.45) is 5.92 Å². The minimum atomic E-state index is -0.362. The van der Waals surface area contributed by atoms with Crippen LogP contribution in [0.25, 0.3) is 0 Å². The van der Waals surface area contributed by atoms with Gasteiger partial charge in [0, 0.05) is 25.7 Å². The fourth-order valence-corrected chi connectivity index (χ4v) is 2.49. The van der Waals surface area contributed by atoms with Gasteiger partial charge in [0.15, 0.2) is 0 Å². The third-order valence-electron chi connectivity index (χ3n) is 3.57. The Balaban J connectivity index is 2.88. The van der Waals surface area contributed by atoms with Crippen molar-refractivity contribution in [3.63, 3.8) is 0 Å². The maximum Gasteiger partial charge on any atom is 0.266 e. The van der Waals surface area contributed by atoms with Crippen molar-refractivity contribution < 1.29 is 4.79 Å². The quantitative estimate of drug-likeness (QED) is 0.899. The molecule has 1 N–H and O–H groups in total. The van der Waals surface area contributed by atoms with Crippen molar-refractivity contribution in [1.82, 2.24) is 9.88 Å². The number of nitriles is 1. The molecule has 1 aromatic rings. The number of nitrogens with zero attached hydrogens (tertiary/aromatic N) is 2. The van der Waals surface area contributed by atoms with Crippen LogP contribution in [0.15, 0.2) is 4.79 Å². The summed E-state index contributed by atoms with van der Waals surface area (Å²) in [7, 11) is 1.80. The average molecular weight is 289 g/mol. The standard InChI is InChI=1S/C16H23N3O2/c1-10(2)9-19(5)15(20)7-6-13-11(3)14(8-17)16(21)18-12(13)4/h10H,6-7,9H2,1-5H3,(H,18,21). The van der Waals surface area contributed by atoms with Crippen LogP contribution in [0.4, 0.5) is 0 Å². The van der Waals surface area contributed by atoms with Crippen LogP contribution < -0.4 is 5.56 Å². The Labute approximate surface area is 125 Å². The molecule has 0 atom stereocenters. The molecule has 0 spiro atoms. The second kappa shape index (κ2) is 7.07. The van der Waals surface area contributed by atoms with Crippen LogP contribution in [-0.2, 0) is 11.2 Å². The Kier molecular flexibility index (Phi) is 5.71. The number of rotatable bonds is 5. The van der Waals surface area contributed by atoms with Crippen LogP contribution in [0, 0.1) is 31.1 Å². The molecule has 5 heteroatoms. The van der Waals surface area contributed by atoms with Crippen LogP contribution in [-0.4, -0.2) is 29.4 Å². The van der Waals surface area contributed by atoms with Crippen LogP contribution in [0.3, 0.4) is 0 Å². The van der Waals surface area contributed by atoms with E-state index in [2.05, 4.69) is 18.8 Å². The summed E-state index contributed by atoms with van der Waals surface area (Å²) in [4.78, 5) is 28.2. The van der Waals surface area contributed by atoms with Gasteiger partial charge in [-0.2, -0.15) is 5.26 Å². The van der Waals surface area contributed by atoms with Crippen molar-refractivity contribution in [3.05, 3.63) is 32.7 Å². The van der Waals surface area contributed by atoms with Crippen LogP contribution in [0.2, 0.25) is 0 Å². The lowest BCUT2D eigenvalue weighted by Crippen LogP contribution is -2.30. The molecular formula is C16H23N3O2. The lowest BCUT2D eigenvalue weighted by atomic mass is 9.99. The normalized spacial score (nSPS) is 10.5. The highest BCUT2D eigenvalue weighted by Crippen LogP contribution is 2.15. The van der Waals surface area contributed by atoms with Gasteiger partial charge in [-0.05, 0) is 37.3 Å². The van der Waals surface area contributed by atoms with Gasteiger partial charge in [0.05, 0.1) is 0 Å². The first-order valence-electron chi connectivity index (χ1n) is 7.14. The summed E-state index contributed by atoms with van der Waals surface area (Å²) in [5, 5.41) is 9.03. The molecule has 0 aromatic carbocycles. The van der Waals surface area contributed by atoms with E-state index < -0.39 is 0 Å². The molecule has 0 aliphatic carbocycles. The zero-order valence-corrected chi connectivity index (χ0v) is 13.4. The van der Waals surface area contributed by atoms with Crippen LogP contribution in [0.1, 0.15) is 42.7 Å². The van der Waals surface area contributed by atoms with E-state index in [9.17, 15) is 9.59 Å². The number of aryl methyl sites for hydroxylation is 1. The predicted molar refractivity (Wildman–Crippen MR) is 82.0 cm³/mol. The van der Waals surface area contributed by atoms with Gasteiger partial charge in [0.1, 0.15) is 11.6 Å². The summed E-state index contributed by atoms with van der Waals surface area (Å²) in [5.41, 5.74) is 2.07. The molecule has 0 fully saturated rings. The lowest BCUT2D eigenvalue weighted by molar-refractivity contribution is -0.130. The van der Waals surface area contributed by atoms with E-state index in [-0.39, 0.29) is 17.0 Å². The van der Waals surface area contributed by atoms with Crippen molar-refractivity contribution in [1.29, 1.82) is 5.26 Å². The molecule has 1 rings (SSSR count). The summed E-state index contributed by atoms with van der Waals surface area (Å²) < 4.78 is 0. The van der Waals surface area contributed by atoms with Gasteiger partial charge in [-0.1, -0.05) is 13.8 Å². The fraction of sp³-hybridized carbons (Fsp3) is 0.562. The summed E-state index contributed by atoms with van der Waals surface area (Å²) in [6.07, 6.45) is 0.909. The Morgan fingerprint density at radius 2 is 2.00 bits per heavy atom. The lowest BCUT2D eigenvalue weighted by Gasteiger charge is -2.20. The highest BCUT2D eigenvalue weighted by atomic mass is 16.2. The number of amides is 1. The third kappa shape index (κ3) is 4.19. The second-order valence-electron chi connectivity index (χ2n) is 5.84. The first-order chi connectivity index (χ1) is 9.77. The van der Waals surface area contributed by atoms with E-state index in [0.717, 1.165) is 17.8 Å². The van der Waals surface area contributed by atoms with Gasteiger partial charge in [-0.25, -0.2) is 0 Å². The molecule has 0 bridgehead atoms. The zero-order chi connectivity index (χ0) is 16.2. The van der Waals surface area contributed by atoms with E-state index in [1.54, 1.807) is 25.8 Å². The number of pyridine rings is 1. The molecule has 1 amide bonds. The number of aromatic nitrogens is 1. The van der Waals surface area contributed by atoms with Crippen LogP contribution in [0.5, 0.6) is 0 Å². The summed E-state index contributed by atoms with van der Waals surface area (Å²) in [5.74, 6) is 0.507. The molecule has 114 valence electrons. The summed E-state index contributed by atoms with van der Waals surface area (Å²) in [6, 6.07) is 1.93. The Hall–Kier alpha value is -2.09. The van der Waals surface area contributed by atoms with E-state index in [4.69, 9.17) is 5.26 Å². The molecule has 21 heavy (non-hydrogen) atoms. The molecule has 0 saturated heterocycles. The average Bonchev–Trinajstić information content (AvgIpc) is 2.37. The SMILES string of the molecule is Cc1[nH]c(=O)c(C#N)c(C)c1CCC(=O)N(C)CC(C)C. The minimum absolute atomic E-state index is 0.0761. The Bertz CT molecular complexity index is 624. The van der Waals surface area contributed by atoms with E-state index >= 15 is 0 Å². The Morgan fingerprint density at radius 3 is 2.52 bits per heavy atom. The topological polar surface area (TPSA) is 77.0 Å². The molecule has 1 aromatic heterocycles. The largest absolute Gasteiger partial charge is 0.345 e. The minimum Gasteiger partial charge on any atom is -0.345 e. The fourth-order valence-electron chi connectivity index (χ4n) is 2.49. The molecule has 1 heterocycles. The molecule has 0 saturated carbocycles. The third-order valence-corrected chi connectivity index (χ3v) is 3.57. The van der Waals surface area contributed by atoms with Gasteiger partial charge in [0.25, 0.3) is 5.56 Å². The van der Waals surface area contributed by atoms with Gasteiger partial charge < -0.3 is 9.88 Å². The number of carbonyl (C=O) groups excluding carboxylic acids is 1. The molecule has 0 radical (unpaired) electrons. The zero-order valence-electron chi connectivity index (χ0n) is 13.4. The smallest absolute Gasteiger partial charge is 0.266 e. The number of H-pyrrole nitrogens is 1. The monoisotopic (exact) mass is 289 g/mol. The van der Waals surface area contributed by atoms with Gasteiger partial charge in [-0.15, -0.1) is 0 Å². The Morgan fingerprint density at radius 1 is 1.38 bits per heavy atom. The number of aromatic amines is 1. The first kappa shape index (κ1) is 17.0. The number of carbonyl (C=O) groups is 1. The predicted octanol–water partition coefficient (Wildman–Crippen LogP) is 1.91. The molecule has 0 aliphatic heterocycles. The molecule has 5 nitrogen and oxygen atoms in total. The maximum absolute atomic E-state index is 12.1. The van der Waals surface area contributed by atoms with Crippen molar-refractivity contribution in [2.45, 2.75) is 40.5 Å². The van der Waals surface area contributed by atoms with Crippen LogP contribution >= 0.6 is 0 Å². The van der Waals surface area contributed by atoms with Gasteiger partial charge in [0.2, 0.25) is 5.91 Å². The highest BCUT2D eigenvalue weighted by molar-refractivity contribution is 5.76.